The van der Waals surface area contributed by atoms with Crippen molar-refractivity contribution in [3.63, 3.8) is 0 Å². The SMILES string of the molecule is C[C@H](Sc1nncs1)C(=O)N[C@H]1CCCc2ccccc21. The zero-order valence-electron chi connectivity index (χ0n) is 11.8. The van der Waals surface area contributed by atoms with Crippen LogP contribution in [-0.2, 0) is 11.2 Å². The maximum atomic E-state index is 12.4. The average Bonchev–Trinajstić information content (AvgIpc) is 3.00. The third kappa shape index (κ3) is 3.44. The largest absolute Gasteiger partial charge is 0.348 e. The molecule has 1 aliphatic rings. The number of carbonyl (C=O) groups is 1. The maximum absolute atomic E-state index is 12.4. The molecule has 0 fully saturated rings. The number of aryl methyl sites for hydroxylation is 1. The summed E-state index contributed by atoms with van der Waals surface area (Å²) in [6.45, 7) is 1.91. The van der Waals surface area contributed by atoms with Gasteiger partial charge >= 0.3 is 0 Å². The van der Waals surface area contributed by atoms with Crippen molar-refractivity contribution in [1.82, 2.24) is 15.5 Å². The van der Waals surface area contributed by atoms with Crippen LogP contribution in [0.1, 0.15) is 36.9 Å². The summed E-state index contributed by atoms with van der Waals surface area (Å²) in [5, 5.41) is 10.8. The van der Waals surface area contributed by atoms with E-state index in [1.54, 1.807) is 5.51 Å². The number of thioether (sulfide) groups is 1. The van der Waals surface area contributed by atoms with Crippen LogP contribution in [0.2, 0.25) is 0 Å². The lowest BCUT2D eigenvalue weighted by atomic mass is 9.88. The van der Waals surface area contributed by atoms with Crippen LogP contribution in [0.25, 0.3) is 0 Å². The molecule has 1 aromatic heterocycles. The molecule has 6 heteroatoms. The van der Waals surface area contributed by atoms with Gasteiger partial charge in [0.25, 0.3) is 0 Å². The molecule has 1 aliphatic carbocycles. The molecule has 110 valence electrons. The van der Waals surface area contributed by atoms with Crippen LogP contribution in [0.3, 0.4) is 0 Å². The number of fused-ring (bicyclic) bond motifs is 1. The summed E-state index contributed by atoms with van der Waals surface area (Å²) in [5.74, 6) is 0.0666. The summed E-state index contributed by atoms with van der Waals surface area (Å²) in [6.07, 6.45) is 3.25. The van der Waals surface area contributed by atoms with Gasteiger partial charge in [0, 0.05) is 0 Å². The van der Waals surface area contributed by atoms with Crippen molar-refractivity contribution in [3.8, 4) is 0 Å². The molecule has 0 unspecified atom stereocenters. The van der Waals surface area contributed by atoms with Crippen LogP contribution in [0.4, 0.5) is 0 Å². The van der Waals surface area contributed by atoms with E-state index in [0.29, 0.717) is 0 Å². The Kier molecular flexibility index (Phi) is 4.55. The van der Waals surface area contributed by atoms with Crippen LogP contribution in [0, 0.1) is 0 Å². The Bertz CT molecular complexity index is 615. The lowest BCUT2D eigenvalue weighted by Crippen LogP contribution is -2.35. The van der Waals surface area contributed by atoms with Crippen LogP contribution in [-0.4, -0.2) is 21.4 Å². The Morgan fingerprint density at radius 1 is 1.48 bits per heavy atom. The number of amides is 1. The second-order valence-corrected chi connectivity index (χ2v) is 7.54. The highest BCUT2D eigenvalue weighted by atomic mass is 32.2. The zero-order valence-corrected chi connectivity index (χ0v) is 13.4. The summed E-state index contributed by atoms with van der Waals surface area (Å²) in [5.41, 5.74) is 4.31. The van der Waals surface area contributed by atoms with Gasteiger partial charge in [0.2, 0.25) is 5.91 Å². The van der Waals surface area contributed by atoms with Crippen molar-refractivity contribution in [2.45, 2.75) is 41.8 Å². The summed E-state index contributed by atoms with van der Waals surface area (Å²) in [4.78, 5) is 12.4. The van der Waals surface area contributed by atoms with Gasteiger partial charge in [0.05, 0.1) is 11.3 Å². The van der Waals surface area contributed by atoms with Crippen molar-refractivity contribution in [2.24, 2.45) is 0 Å². The Hall–Kier alpha value is -1.40. The summed E-state index contributed by atoms with van der Waals surface area (Å²) >= 11 is 2.93. The normalized spacial score (nSPS) is 18.8. The monoisotopic (exact) mass is 319 g/mol. The number of carbonyl (C=O) groups excluding carboxylic acids is 1. The zero-order chi connectivity index (χ0) is 14.7. The number of rotatable bonds is 4. The van der Waals surface area contributed by atoms with Gasteiger partial charge in [-0.3, -0.25) is 4.79 Å². The van der Waals surface area contributed by atoms with Crippen molar-refractivity contribution < 1.29 is 4.79 Å². The van der Waals surface area contributed by atoms with E-state index in [9.17, 15) is 4.79 Å². The smallest absolute Gasteiger partial charge is 0.233 e. The first-order valence-electron chi connectivity index (χ1n) is 7.05. The lowest BCUT2D eigenvalue weighted by Gasteiger charge is -2.27. The van der Waals surface area contributed by atoms with Crippen LogP contribution in [0.15, 0.2) is 34.1 Å². The summed E-state index contributed by atoms with van der Waals surface area (Å²) < 4.78 is 0.835. The van der Waals surface area contributed by atoms with Crippen LogP contribution < -0.4 is 5.32 Å². The van der Waals surface area contributed by atoms with Crippen molar-refractivity contribution >= 4 is 29.0 Å². The van der Waals surface area contributed by atoms with Gasteiger partial charge in [-0.2, -0.15) is 0 Å². The Labute approximate surface area is 132 Å². The number of aromatic nitrogens is 2. The molecule has 3 rings (SSSR count). The number of nitrogens with zero attached hydrogens (tertiary/aromatic N) is 2. The lowest BCUT2D eigenvalue weighted by molar-refractivity contribution is -0.121. The van der Waals surface area contributed by atoms with E-state index in [0.717, 1.165) is 23.6 Å². The van der Waals surface area contributed by atoms with Gasteiger partial charge in [0.1, 0.15) is 5.51 Å². The molecule has 21 heavy (non-hydrogen) atoms. The van der Waals surface area contributed by atoms with Crippen molar-refractivity contribution in [3.05, 3.63) is 40.9 Å². The number of nitrogens with one attached hydrogen (secondary N) is 1. The third-order valence-electron chi connectivity index (χ3n) is 3.67. The van der Waals surface area contributed by atoms with E-state index in [-0.39, 0.29) is 17.2 Å². The Morgan fingerprint density at radius 2 is 2.33 bits per heavy atom. The quantitative estimate of drug-likeness (QED) is 0.879. The summed E-state index contributed by atoms with van der Waals surface area (Å²) in [7, 11) is 0. The molecule has 1 N–H and O–H groups in total. The Balaban J connectivity index is 1.65. The average molecular weight is 319 g/mol. The second kappa shape index (κ2) is 6.58. The molecule has 1 heterocycles. The molecule has 0 bridgehead atoms. The van der Waals surface area contributed by atoms with E-state index < -0.39 is 0 Å². The van der Waals surface area contributed by atoms with E-state index in [4.69, 9.17) is 0 Å². The highest BCUT2D eigenvalue weighted by Gasteiger charge is 2.24. The van der Waals surface area contributed by atoms with Crippen molar-refractivity contribution in [2.75, 3.05) is 0 Å². The first-order chi connectivity index (χ1) is 10.2. The fourth-order valence-electron chi connectivity index (χ4n) is 2.61. The van der Waals surface area contributed by atoms with Crippen LogP contribution in [0.5, 0.6) is 0 Å². The molecule has 1 aromatic carbocycles. The van der Waals surface area contributed by atoms with E-state index in [2.05, 4.69) is 33.7 Å². The van der Waals surface area contributed by atoms with Gasteiger partial charge in [-0.25, -0.2) is 0 Å². The molecule has 2 aromatic rings. The van der Waals surface area contributed by atoms with E-state index in [1.807, 2.05) is 13.0 Å². The van der Waals surface area contributed by atoms with Crippen LogP contribution >= 0.6 is 23.1 Å². The van der Waals surface area contributed by atoms with Gasteiger partial charge in [-0.05, 0) is 37.3 Å². The molecule has 0 saturated carbocycles. The number of hydrogen-bond donors (Lipinski definition) is 1. The minimum atomic E-state index is -0.160. The first-order valence-corrected chi connectivity index (χ1v) is 8.81. The topological polar surface area (TPSA) is 54.9 Å². The predicted octanol–water partition coefficient (Wildman–Crippen LogP) is 3.21. The number of benzene rings is 1. The molecule has 4 nitrogen and oxygen atoms in total. The Morgan fingerprint density at radius 3 is 3.14 bits per heavy atom. The summed E-state index contributed by atoms with van der Waals surface area (Å²) in [6, 6.07) is 8.54. The predicted molar refractivity (Wildman–Crippen MR) is 85.5 cm³/mol. The van der Waals surface area contributed by atoms with Gasteiger partial charge < -0.3 is 5.32 Å². The van der Waals surface area contributed by atoms with Gasteiger partial charge in [0.15, 0.2) is 4.34 Å². The maximum Gasteiger partial charge on any atom is 0.233 e. The molecule has 0 radical (unpaired) electrons. The molecule has 0 saturated heterocycles. The molecular formula is C15H17N3OS2. The van der Waals surface area contributed by atoms with Gasteiger partial charge in [-0.15, -0.1) is 10.2 Å². The van der Waals surface area contributed by atoms with Crippen molar-refractivity contribution in [1.29, 1.82) is 0 Å². The minimum absolute atomic E-state index is 0.0666. The number of hydrogen-bond acceptors (Lipinski definition) is 5. The molecule has 1 amide bonds. The fourth-order valence-corrected chi connectivity index (χ4v) is 4.25. The standard InChI is InChI=1S/C15H17N3OS2/c1-10(21-15-18-16-9-20-15)14(19)17-13-8-4-6-11-5-2-3-7-12(11)13/h2-3,5,7,9-10,13H,4,6,8H2,1H3,(H,17,19)/t10-,13-/m0/s1. The highest BCUT2D eigenvalue weighted by molar-refractivity contribution is 8.02. The molecular weight excluding hydrogens is 302 g/mol. The molecule has 2 atom stereocenters. The first kappa shape index (κ1) is 14.5. The minimum Gasteiger partial charge on any atom is -0.348 e. The molecule has 0 aliphatic heterocycles. The molecule has 0 spiro atoms. The van der Waals surface area contributed by atoms with Gasteiger partial charge in [-0.1, -0.05) is 47.4 Å². The van der Waals surface area contributed by atoms with E-state index in [1.165, 1.54) is 34.2 Å². The highest BCUT2D eigenvalue weighted by Crippen LogP contribution is 2.30. The fraction of sp³-hybridized carbons (Fsp3) is 0.400. The third-order valence-corrected chi connectivity index (χ3v) is 5.58. The second-order valence-electron chi connectivity index (χ2n) is 5.12. The van der Waals surface area contributed by atoms with E-state index >= 15 is 0 Å².